The van der Waals surface area contributed by atoms with Crippen molar-refractivity contribution in [3.63, 3.8) is 0 Å². The maximum Gasteiger partial charge on any atom is 0.342 e. The minimum Gasteiger partial charge on any atom is -0.273 e. The number of carbonyl (C=O) groups is 1. The maximum atomic E-state index is 11.6. The molecule has 2 rings (SSSR count). The van der Waals surface area contributed by atoms with Gasteiger partial charge in [-0.1, -0.05) is 0 Å². The number of aromatic amines is 2. The van der Waals surface area contributed by atoms with Crippen LogP contribution in [0.5, 0.6) is 0 Å². The maximum absolute atomic E-state index is 11.6. The van der Waals surface area contributed by atoms with Gasteiger partial charge in [-0.05, 0) is 17.7 Å². The zero-order valence-corrected chi connectivity index (χ0v) is 12.2. The van der Waals surface area contributed by atoms with Crippen LogP contribution in [0.4, 0.5) is 5.69 Å². The summed E-state index contributed by atoms with van der Waals surface area (Å²) in [6.07, 6.45) is 1.30. The number of non-ortho nitro benzene ring substituents is 1. The molecule has 2 aromatic rings. The van der Waals surface area contributed by atoms with E-state index in [9.17, 15) is 24.5 Å². The Kier molecular flexibility index (Phi) is 5.28. The van der Waals surface area contributed by atoms with Gasteiger partial charge < -0.3 is 0 Å². The third-order valence-electron chi connectivity index (χ3n) is 2.88. The van der Waals surface area contributed by atoms with Crippen LogP contribution < -0.4 is 16.7 Å². The molecule has 0 saturated carbocycles. The predicted octanol–water partition coefficient (Wildman–Crippen LogP) is -0.551. The van der Waals surface area contributed by atoms with Gasteiger partial charge in [0.05, 0.1) is 11.1 Å². The van der Waals surface area contributed by atoms with Crippen LogP contribution in [0.1, 0.15) is 17.7 Å². The van der Waals surface area contributed by atoms with E-state index in [2.05, 4.69) is 20.7 Å². The van der Waals surface area contributed by atoms with Crippen molar-refractivity contribution in [3.05, 3.63) is 66.5 Å². The van der Waals surface area contributed by atoms with Crippen LogP contribution in [-0.2, 0) is 11.2 Å². The summed E-state index contributed by atoms with van der Waals surface area (Å²) < 4.78 is 0. The van der Waals surface area contributed by atoms with Gasteiger partial charge in [-0.15, -0.1) is 0 Å². The lowest BCUT2D eigenvalue weighted by Crippen LogP contribution is -2.28. The average Bonchev–Trinajstić information content (AvgIpc) is 2.54. The van der Waals surface area contributed by atoms with E-state index >= 15 is 0 Å². The Labute approximate surface area is 133 Å². The second kappa shape index (κ2) is 7.58. The number of nitro benzene ring substituents is 1. The Bertz CT molecular complexity index is 883. The van der Waals surface area contributed by atoms with Crippen molar-refractivity contribution >= 4 is 17.8 Å². The van der Waals surface area contributed by atoms with Gasteiger partial charge >= 0.3 is 5.69 Å². The van der Waals surface area contributed by atoms with Gasteiger partial charge in [0.15, 0.2) is 0 Å². The first-order valence-corrected chi connectivity index (χ1v) is 6.70. The number of hydrazone groups is 1. The fourth-order valence-corrected chi connectivity index (χ4v) is 1.69. The van der Waals surface area contributed by atoms with Gasteiger partial charge in [-0.3, -0.25) is 24.7 Å². The van der Waals surface area contributed by atoms with E-state index in [4.69, 9.17) is 0 Å². The Hall–Kier alpha value is -3.63. The number of carbonyl (C=O) groups excluding carboxylic acids is 1. The summed E-state index contributed by atoms with van der Waals surface area (Å²) in [7, 11) is 0. The van der Waals surface area contributed by atoms with E-state index < -0.39 is 22.1 Å². The summed E-state index contributed by atoms with van der Waals surface area (Å²) in [6.45, 7) is 0. The summed E-state index contributed by atoms with van der Waals surface area (Å²) in [5, 5.41) is 19.8. The molecular formula is C13H12N6O5. The fraction of sp³-hybridized carbons (Fsp3) is 0.154. The van der Waals surface area contributed by atoms with Gasteiger partial charge in [0.25, 0.3) is 11.2 Å². The van der Waals surface area contributed by atoms with Crippen molar-refractivity contribution in [2.24, 2.45) is 5.10 Å². The summed E-state index contributed by atoms with van der Waals surface area (Å²) in [4.78, 5) is 45.8. The van der Waals surface area contributed by atoms with Crippen molar-refractivity contribution in [1.82, 2.24) is 20.6 Å². The minimum atomic E-state index is -0.721. The Morgan fingerprint density at radius 1 is 1.33 bits per heavy atom. The highest BCUT2D eigenvalue weighted by Crippen LogP contribution is 2.10. The molecule has 0 unspecified atom stereocenters. The number of H-pyrrole nitrogens is 2. The lowest BCUT2D eigenvalue weighted by atomic mass is 10.2. The number of aromatic nitrogens is 3. The molecule has 11 heteroatoms. The third-order valence-corrected chi connectivity index (χ3v) is 2.88. The quantitative estimate of drug-likeness (QED) is 0.365. The van der Waals surface area contributed by atoms with E-state index in [-0.39, 0.29) is 24.2 Å². The van der Waals surface area contributed by atoms with Gasteiger partial charge in [0.1, 0.15) is 5.69 Å². The van der Waals surface area contributed by atoms with Gasteiger partial charge in [-0.2, -0.15) is 10.2 Å². The molecule has 0 aliphatic carbocycles. The van der Waals surface area contributed by atoms with Crippen molar-refractivity contribution in [3.8, 4) is 0 Å². The van der Waals surface area contributed by atoms with Crippen LogP contribution in [0.3, 0.4) is 0 Å². The number of rotatable bonds is 6. The topological polar surface area (TPSA) is 163 Å². The van der Waals surface area contributed by atoms with Crippen molar-refractivity contribution in [2.75, 3.05) is 0 Å². The molecule has 11 nitrogen and oxygen atoms in total. The molecule has 1 heterocycles. The van der Waals surface area contributed by atoms with Crippen LogP contribution in [-0.4, -0.2) is 32.2 Å². The van der Waals surface area contributed by atoms with E-state index in [1.165, 1.54) is 30.5 Å². The Morgan fingerprint density at radius 3 is 2.67 bits per heavy atom. The molecule has 0 bridgehead atoms. The zero-order chi connectivity index (χ0) is 17.5. The summed E-state index contributed by atoms with van der Waals surface area (Å²) in [5.41, 5.74) is 1.44. The van der Waals surface area contributed by atoms with Crippen molar-refractivity contribution < 1.29 is 9.72 Å². The molecule has 0 atom stereocenters. The molecule has 0 spiro atoms. The largest absolute Gasteiger partial charge is 0.342 e. The lowest BCUT2D eigenvalue weighted by Gasteiger charge is -1.99. The Morgan fingerprint density at radius 2 is 2.04 bits per heavy atom. The molecular weight excluding hydrogens is 320 g/mol. The van der Waals surface area contributed by atoms with E-state index in [1.54, 1.807) is 0 Å². The standard InChI is InChI=1S/C13H12N6O5/c20-11(6-5-10-12(21)15-13(22)18-16-10)17-14-7-8-1-3-9(4-2-8)19(23)24/h1-4,7H,5-6H2,(H,17,20)(H2,15,18,21,22)/b14-7-. The number of amides is 1. The number of nitrogens with zero attached hydrogens (tertiary/aromatic N) is 3. The van der Waals surface area contributed by atoms with E-state index in [0.717, 1.165) is 0 Å². The van der Waals surface area contributed by atoms with Crippen molar-refractivity contribution in [1.29, 1.82) is 0 Å². The molecule has 0 fully saturated rings. The SMILES string of the molecule is O=C(CCc1n[nH]c(=O)[nH]c1=O)N/N=C\c1ccc([N+](=O)[O-])cc1. The summed E-state index contributed by atoms with van der Waals surface area (Å²) in [5.74, 6) is -0.458. The predicted molar refractivity (Wildman–Crippen MR) is 82.6 cm³/mol. The van der Waals surface area contributed by atoms with Crippen LogP contribution in [0.2, 0.25) is 0 Å². The van der Waals surface area contributed by atoms with Crippen LogP contribution in [0.25, 0.3) is 0 Å². The van der Waals surface area contributed by atoms with Crippen LogP contribution in [0, 0.1) is 10.1 Å². The first kappa shape index (κ1) is 16.7. The highest BCUT2D eigenvalue weighted by atomic mass is 16.6. The molecule has 0 saturated heterocycles. The monoisotopic (exact) mass is 332 g/mol. The number of nitro groups is 1. The number of benzene rings is 1. The molecule has 1 amide bonds. The zero-order valence-electron chi connectivity index (χ0n) is 12.2. The number of hydrogen-bond donors (Lipinski definition) is 3. The first-order valence-electron chi connectivity index (χ1n) is 6.70. The van der Waals surface area contributed by atoms with E-state index in [0.29, 0.717) is 5.56 Å². The highest BCUT2D eigenvalue weighted by Gasteiger charge is 2.06. The van der Waals surface area contributed by atoms with Crippen molar-refractivity contribution in [2.45, 2.75) is 12.8 Å². The first-order chi connectivity index (χ1) is 11.5. The number of hydrogen-bond acceptors (Lipinski definition) is 7. The Balaban J connectivity index is 1.85. The average molecular weight is 332 g/mol. The molecule has 0 radical (unpaired) electrons. The van der Waals surface area contributed by atoms with Crippen LogP contribution in [0.15, 0.2) is 39.0 Å². The molecule has 1 aromatic carbocycles. The van der Waals surface area contributed by atoms with E-state index in [1.807, 2.05) is 4.98 Å². The number of aryl methyl sites for hydroxylation is 1. The number of nitrogens with one attached hydrogen (secondary N) is 3. The van der Waals surface area contributed by atoms with Crippen LogP contribution >= 0.6 is 0 Å². The fourth-order valence-electron chi connectivity index (χ4n) is 1.69. The second-order valence-electron chi connectivity index (χ2n) is 4.60. The molecule has 124 valence electrons. The lowest BCUT2D eigenvalue weighted by molar-refractivity contribution is -0.384. The molecule has 0 aliphatic heterocycles. The molecule has 24 heavy (non-hydrogen) atoms. The molecule has 1 aromatic heterocycles. The highest BCUT2D eigenvalue weighted by molar-refractivity contribution is 5.82. The second-order valence-corrected chi connectivity index (χ2v) is 4.60. The van der Waals surface area contributed by atoms with Gasteiger partial charge in [0.2, 0.25) is 5.91 Å². The summed E-state index contributed by atoms with van der Waals surface area (Å²) in [6, 6.07) is 5.60. The third kappa shape index (κ3) is 4.69. The molecule has 0 aliphatic rings. The molecule has 3 N–H and O–H groups in total. The van der Waals surface area contributed by atoms with Gasteiger partial charge in [0, 0.05) is 25.0 Å². The normalized spacial score (nSPS) is 10.7. The smallest absolute Gasteiger partial charge is 0.273 e. The van der Waals surface area contributed by atoms with Gasteiger partial charge in [-0.25, -0.2) is 15.3 Å². The minimum absolute atomic E-state index is 0.0316. The summed E-state index contributed by atoms with van der Waals surface area (Å²) >= 11 is 0.